The summed E-state index contributed by atoms with van der Waals surface area (Å²) in [5.41, 5.74) is 7.09. The summed E-state index contributed by atoms with van der Waals surface area (Å²) in [5.74, 6) is 0.714. The molecule has 1 heterocycles. The van der Waals surface area contributed by atoms with Gasteiger partial charge in [-0.2, -0.15) is 0 Å². The number of aromatic nitrogens is 1. The van der Waals surface area contributed by atoms with E-state index in [2.05, 4.69) is 20.9 Å². The molecule has 1 atom stereocenters. The fourth-order valence-corrected chi connectivity index (χ4v) is 1.80. The molecule has 2 aromatic rings. The van der Waals surface area contributed by atoms with E-state index in [-0.39, 0.29) is 6.04 Å². The number of rotatable bonds is 4. The second-order valence-corrected chi connectivity index (χ2v) is 4.58. The Morgan fingerprint density at radius 3 is 2.71 bits per heavy atom. The van der Waals surface area contributed by atoms with Gasteiger partial charge in [-0.05, 0) is 27.6 Å². The third-order valence-electron chi connectivity index (χ3n) is 2.34. The van der Waals surface area contributed by atoms with Crippen LogP contribution in [0.15, 0.2) is 53.3 Å². The third kappa shape index (κ3) is 3.54. The van der Waals surface area contributed by atoms with Gasteiger partial charge in [0, 0.05) is 10.7 Å². The molecule has 1 aromatic carbocycles. The zero-order chi connectivity index (χ0) is 12.1. The van der Waals surface area contributed by atoms with Crippen molar-refractivity contribution in [2.24, 2.45) is 5.73 Å². The Morgan fingerprint density at radius 2 is 2.00 bits per heavy atom. The molecule has 0 bridgehead atoms. The van der Waals surface area contributed by atoms with Crippen molar-refractivity contribution in [3.8, 4) is 5.75 Å². The van der Waals surface area contributed by atoms with Crippen molar-refractivity contribution in [3.05, 3.63) is 58.8 Å². The lowest BCUT2D eigenvalue weighted by molar-refractivity contribution is 0.289. The number of pyridine rings is 1. The van der Waals surface area contributed by atoms with Crippen molar-refractivity contribution in [1.82, 2.24) is 4.98 Å². The van der Waals surface area contributed by atoms with Crippen LogP contribution >= 0.6 is 15.9 Å². The zero-order valence-electron chi connectivity index (χ0n) is 9.21. The third-order valence-corrected chi connectivity index (χ3v) is 2.77. The van der Waals surface area contributed by atoms with E-state index in [1.807, 2.05) is 36.4 Å². The number of benzene rings is 1. The maximum absolute atomic E-state index is 6.02. The van der Waals surface area contributed by atoms with Gasteiger partial charge in [-0.3, -0.25) is 4.98 Å². The van der Waals surface area contributed by atoms with E-state index in [0.717, 1.165) is 10.0 Å². The Kier molecular flexibility index (Phi) is 4.12. The molecule has 2 N–H and O–H groups in total. The first kappa shape index (κ1) is 12.1. The molecule has 0 aliphatic rings. The predicted molar refractivity (Wildman–Crippen MR) is 70.8 cm³/mol. The number of nitrogens with two attached hydrogens (primary N) is 1. The normalized spacial score (nSPS) is 12.1. The molecule has 2 rings (SSSR count). The molecule has 3 nitrogen and oxygen atoms in total. The highest BCUT2D eigenvalue weighted by Gasteiger charge is 2.06. The maximum atomic E-state index is 6.02. The molecule has 0 amide bonds. The van der Waals surface area contributed by atoms with Gasteiger partial charge in [-0.15, -0.1) is 0 Å². The predicted octanol–water partition coefficient (Wildman–Crippen LogP) is 2.92. The van der Waals surface area contributed by atoms with Gasteiger partial charge < -0.3 is 10.5 Å². The second-order valence-electron chi connectivity index (χ2n) is 3.67. The molecule has 0 aliphatic carbocycles. The maximum Gasteiger partial charge on any atom is 0.138 e. The summed E-state index contributed by atoms with van der Waals surface area (Å²) in [6.07, 6.45) is 3.38. The van der Waals surface area contributed by atoms with Gasteiger partial charge in [-0.25, -0.2) is 0 Å². The van der Waals surface area contributed by atoms with Crippen LogP contribution in [-0.2, 0) is 0 Å². The molecule has 1 aromatic heterocycles. The summed E-state index contributed by atoms with van der Waals surface area (Å²) in [7, 11) is 0. The molecule has 0 radical (unpaired) electrons. The van der Waals surface area contributed by atoms with Crippen LogP contribution in [0.2, 0.25) is 0 Å². The summed E-state index contributed by atoms with van der Waals surface area (Å²) in [6, 6.07) is 11.6. The van der Waals surface area contributed by atoms with Gasteiger partial charge in [0.1, 0.15) is 12.4 Å². The lowest BCUT2D eigenvalue weighted by Gasteiger charge is -2.13. The zero-order valence-corrected chi connectivity index (χ0v) is 10.8. The summed E-state index contributed by atoms with van der Waals surface area (Å²) < 4.78 is 6.48. The molecular formula is C13H13BrN2O. The molecule has 0 saturated heterocycles. The van der Waals surface area contributed by atoms with E-state index in [9.17, 15) is 0 Å². The average Bonchev–Trinajstić information content (AvgIpc) is 2.37. The molecule has 1 unspecified atom stereocenters. The highest BCUT2D eigenvalue weighted by atomic mass is 79.9. The summed E-state index contributed by atoms with van der Waals surface area (Å²) in [4.78, 5) is 4.02. The quantitative estimate of drug-likeness (QED) is 0.943. The molecular weight excluding hydrogens is 280 g/mol. The first-order chi connectivity index (χ1) is 8.25. The minimum Gasteiger partial charge on any atom is -0.490 e. The van der Waals surface area contributed by atoms with Crippen molar-refractivity contribution >= 4 is 15.9 Å². The van der Waals surface area contributed by atoms with Crippen LogP contribution in [0, 0.1) is 0 Å². The Balaban J connectivity index is 1.95. The van der Waals surface area contributed by atoms with E-state index in [0.29, 0.717) is 12.4 Å². The molecule has 17 heavy (non-hydrogen) atoms. The largest absolute Gasteiger partial charge is 0.490 e. The van der Waals surface area contributed by atoms with Crippen LogP contribution in [0.3, 0.4) is 0 Å². The Bertz CT molecular complexity index is 476. The number of nitrogens with zero attached hydrogens (tertiary/aromatic N) is 1. The van der Waals surface area contributed by atoms with Gasteiger partial charge in [0.05, 0.1) is 12.2 Å². The van der Waals surface area contributed by atoms with E-state index >= 15 is 0 Å². The van der Waals surface area contributed by atoms with Crippen LogP contribution in [0.5, 0.6) is 5.75 Å². The van der Waals surface area contributed by atoms with Crippen molar-refractivity contribution in [2.45, 2.75) is 6.04 Å². The fraction of sp³-hybridized carbons (Fsp3) is 0.154. The molecule has 4 heteroatoms. The molecule has 0 saturated carbocycles. The molecule has 0 fully saturated rings. The van der Waals surface area contributed by atoms with E-state index in [1.54, 1.807) is 12.4 Å². The topological polar surface area (TPSA) is 48.1 Å². The smallest absolute Gasteiger partial charge is 0.138 e. The molecule has 0 spiro atoms. The average molecular weight is 293 g/mol. The van der Waals surface area contributed by atoms with Gasteiger partial charge in [0.2, 0.25) is 0 Å². The van der Waals surface area contributed by atoms with Crippen LogP contribution in [0.25, 0.3) is 0 Å². The summed E-state index contributed by atoms with van der Waals surface area (Å²) in [6.45, 7) is 0.433. The molecule has 0 aliphatic heterocycles. The Hall–Kier alpha value is -1.39. The molecule has 88 valence electrons. The van der Waals surface area contributed by atoms with Crippen LogP contribution in [0.1, 0.15) is 11.6 Å². The lowest BCUT2D eigenvalue weighted by Crippen LogP contribution is -2.18. The standard InChI is InChI=1S/C13H13BrN2O/c14-11-6-12(8-16-7-11)17-9-13(15)10-4-2-1-3-5-10/h1-8,13H,9,15H2. The van der Waals surface area contributed by atoms with Gasteiger partial charge >= 0.3 is 0 Å². The van der Waals surface area contributed by atoms with E-state index in [4.69, 9.17) is 10.5 Å². The second kappa shape index (κ2) is 5.80. The Labute approximate surface area is 109 Å². The van der Waals surface area contributed by atoms with Crippen molar-refractivity contribution in [3.63, 3.8) is 0 Å². The van der Waals surface area contributed by atoms with E-state index < -0.39 is 0 Å². The number of ether oxygens (including phenoxy) is 1. The van der Waals surface area contributed by atoms with Gasteiger partial charge in [0.25, 0.3) is 0 Å². The SMILES string of the molecule is NC(COc1cncc(Br)c1)c1ccccc1. The highest BCUT2D eigenvalue weighted by molar-refractivity contribution is 9.10. The summed E-state index contributed by atoms with van der Waals surface area (Å²) >= 11 is 3.34. The lowest BCUT2D eigenvalue weighted by atomic mass is 10.1. The minimum absolute atomic E-state index is 0.129. The number of hydrogen-bond donors (Lipinski definition) is 1. The summed E-state index contributed by atoms with van der Waals surface area (Å²) in [5, 5.41) is 0. The number of hydrogen-bond acceptors (Lipinski definition) is 3. The highest BCUT2D eigenvalue weighted by Crippen LogP contribution is 2.17. The van der Waals surface area contributed by atoms with Crippen LogP contribution in [-0.4, -0.2) is 11.6 Å². The Morgan fingerprint density at radius 1 is 1.24 bits per heavy atom. The van der Waals surface area contributed by atoms with E-state index in [1.165, 1.54) is 0 Å². The van der Waals surface area contributed by atoms with Gasteiger partial charge in [-0.1, -0.05) is 30.3 Å². The van der Waals surface area contributed by atoms with Crippen molar-refractivity contribution in [2.75, 3.05) is 6.61 Å². The fourth-order valence-electron chi connectivity index (χ4n) is 1.45. The van der Waals surface area contributed by atoms with Gasteiger partial charge in [0.15, 0.2) is 0 Å². The van der Waals surface area contributed by atoms with Crippen molar-refractivity contribution in [1.29, 1.82) is 0 Å². The van der Waals surface area contributed by atoms with Crippen LogP contribution in [0.4, 0.5) is 0 Å². The first-order valence-corrected chi connectivity index (χ1v) is 6.09. The van der Waals surface area contributed by atoms with Crippen LogP contribution < -0.4 is 10.5 Å². The number of halogens is 1. The van der Waals surface area contributed by atoms with Crippen molar-refractivity contribution < 1.29 is 4.74 Å². The first-order valence-electron chi connectivity index (χ1n) is 5.29. The minimum atomic E-state index is -0.129. The monoisotopic (exact) mass is 292 g/mol.